The molecule has 1 aliphatic heterocycles. The van der Waals surface area contributed by atoms with Gasteiger partial charge in [-0.25, -0.2) is 0 Å². The van der Waals surface area contributed by atoms with Crippen molar-refractivity contribution >= 4 is 16.9 Å². The second-order valence-electron chi connectivity index (χ2n) is 8.57. The van der Waals surface area contributed by atoms with Crippen LogP contribution in [0.3, 0.4) is 0 Å². The molecule has 4 rings (SSSR count). The van der Waals surface area contributed by atoms with Crippen molar-refractivity contribution in [3.63, 3.8) is 0 Å². The lowest BCUT2D eigenvalue weighted by molar-refractivity contribution is 0.283. The first-order valence-electron chi connectivity index (χ1n) is 11.7. The van der Waals surface area contributed by atoms with Crippen molar-refractivity contribution < 1.29 is 4.52 Å². The fourth-order valence-corrected chi connectivity index (χ4v) is 4.64. The molecule has 1 aromatic carbocycles. The SMILES string of the molecule is CCCCCCCCCn1cc(-c2noc([C@@H]3CCCN3C(=N)N)n2)c2ccccc21. The predicted molar refractivity (Wildman–Crippen MR) is 124 cm³/mol. The van der Waals surface area contributed by atoms with Crippen LogP contribution in [0.25, 0.3) is 22.3 Å². The van der Waals surface area contributed by atoms with Crippen molar-refractivity contribution in [1.29, 1.82) is 5.41 Å². The van der Waals surface area contributed by atoms with Gasteiger partial charge in [0.25, 0.3) is 0 Å². The lowest BCUT2D eigenvalue weighted by atomic mass is 10.1. The molecule has 3 N–H and O–H groups in total. The molecule has 1 fully saturated rings. The average Bonchev–Trinajstić information content (AvgIpc) is 3.51. The zero-order valence-corrected chi connectivity index (χ0v) is 18.5. The van der Waals surface area contributed by atoms with E-state index in [1.807, 2.05) is 4.90 Å². The average molecular weight is 423 g/mol. The second-order valence-corrected chi connectivity index (χ2v) is 8.57. The van der Waals surface area contributed by atoms with Crippen LogP contribution < -0.4 is 5.73 Å². The molecular formula is C24H34N6O. The number of fused-ring (bicyclic) bond motifs is 1. The summed E-state index contributed by atoms with van der Waals surface area (Å²) >= 11 is 0. The van der Waals surface area contributed by atoms with E-state index in [4.69, 9.17) is 20.7 Å². The minimum absolute atomic E-state index is 0.0635. The molecule has 3 heterocycles. The van der Waals surface area contributed by atoms with Gasteiger partial charge in [0.1, 0.15) is 6.04 Å². The first-order valence-corrected chi connectivity index (χ1v) is 11.7. The molecular weight excluding hydrogens is 388 g/mol. The van der Waals surface area contributed by atoms with E-state index < -0.39 is 0 Å². The van der Waals surface area contributed by atoms with Gasteiger partial charge in [0.2, 0.25) is 11.7 Å². The van der Waals surface area contributed by atoms with E-state index in [1.165, 1.54) is 50.5 Å². The second kappa shape index (κ2) is 9.98. The summed E-state index contributed by atoms with van der Waals surface area (Å²) < 4.78 is 7.95. The molecule has 3 aromatic rings. The van der Waals surface area contributed by atoms with Gasteiger partial charge in [0.05, 0.1) is 0 Å². The van der Waals surface area contributed by atoms with Crippen LogP contribution in [0.2, 0.25) is 0 Å². The molecule has 1 aliphatic rings. The van der Waals surface area contributed by atoms with E-state index in [0.29, 0.717) is 11.7 Å². The van der Waals surface area contributed by atoms with E-state index >= 15 is 0 Å². The van der Waals surface area contributed by atoms with Crippen LogP contribution in [0.15, 0.2) is 35.0 Å². The summed E-state index contributed by atoms with van der Waals surface area (Å²) in [7, 11) is 0. The number of hydrogen-bond donors (Lipinski definition) is 2. The maximum absolute atomic E-state index is 7.79. The van der Waals surface area contributed by atoms with Gasteiger partial charge in [0.15, 0.2) is 5.96 Å². The highest BCUT2D eigenvalue weighted by Gasteiger charge is 2.32. The Morgan fingerprint density at radius 1 is 1.16 bits per heavy atom. The number of benzene rings is 1. The number of nitrogens with one attached hydrogen (secondary N) is 1. The number of nitrogens with zero attached hydrogens (tertiary/aromatic N) is 4. The predicted octanol–water partition coefficient (Wildman–Crippen LogP) is 5.47. The number of rotatable bonds is 10. The van der Waals surface area contributed by atoms with E-state index in [2.05, 4.69) is 47.1 Å². The lowest BCUT2D eigenvalue weighted by Gasteiger charge is -2.21. The third kappa shape index (κ3) is 4.75. The number of aryl methyl sites for hydroxylation is 1. The summed E-state index contributed by atoms with van der Waals surface area (Å²) in [5.41, 5.74) is 7.94. The van der Waals surface area contributed by atoms with Gasteiger partial charge in [-0.2, -0.15) is 4.98 Å². The normalized spacial score (nSPS) is 16.4. The molecule has 0 unspecified atom stereocenters. The first-order chi connectivity index (χ1) is 15.2. The molecule has 166 valence electrons. The Balaban J connectivity index is 1.49. The van der Waals surface area contributed by atoms with Crippen LogP contribution in [0, 0.1) is 5.41 Å². The third-order valence-corrected chi connectivity index (χ3v) is 6.32. The van der Waals surface area contributed by atoms with E-state index in [9.17, 15) is 0 Å². The number of guanidine groups is 1. The topological polar surface area (TPSA) is 97.0 Å². The highest BCUT2D eigenvalue weighted by molar-refractivity contribution is 5.94. The number of hydrogen-bond acceptors (Lipinski definition) is 4. The van der Waals surface area contributed by atoms with Crippen molar-refractivity contribution in [2.24, 2.45) is 5.73 Å². The van der Waals surface area contributed by atoms with Gasteiger partial charge in [-0.05, 0) is 25.3 Å². The summed E-state index contributed by atoms with van der Waals surface area (Å²) in [6.45, 7) is 4.02. The summed E-state index contributed by atoms with van der Waals surface area (Å²) in [5, 5.41) is 13.2. The molecule has 31 heavy (non-hydrogen) atoms. The molecule has 0 amide bonds. The largest absolute Gasteiger partial charge is 0.370 e. The molecule has 1 saturated heterocycles. The molecule has 0 radical (unpaired) electrons. The quantitative estimate of drug-likeness (QED) is 0.256. The van der Waals surface area contributed by atoms with Crippen molar-refractivity contribution in [3.05, 3.63) is 36.4 Å². The zero-order chi connectivity index (χ0) is 21.6. The molecule has 7 nitrogen and oxygen atoms in total. The molecule has 1 atom stereocenters. The van der Waals surface area contributed by atoms with Crippen LogP contribution in [-0.2, 0) is 6.54 Å². The lowest BCUT2D eigenvalue weighted by Crippen LogP contribution is -2.35. The minimum Gasteiger partial charge on any atom is -0.370 e. The van der Waals surface area contributed by atoms with Crippen LogP contribution in [0.4, 0.5) is 0 Å². The Labute approximate surface area is 184 Å². The molecule has 2 aromatic heterocycles. The monoisotopic (exact) mass is 422 g/mol. The summed E-state index contributed by atoms with van der Waals surface area (Å²) in [6.07, 6.45) is 13.1. The Morgan fingerprint density at radius 3 is 2.74 bits per heavy atom. The summed E-state index contributed by atoms with van der Waals surface area (Å²) in [6, 6.07) is 8.33. The Morgan fingerprint density at radius 2 is 1.94 bits per heavy atom. The number of para-hydroxylation sites is 1. The number of likely N-dealkylation sites (tertiary alicyclic amines) is 1. The van der Waals surface area contributed by atoms with Gasteiger partial charge < -0.3 is 19.7 Å². The maximum atomic E-state index is 7.79. The fraction of sp³-hybridized carbons (Fsp3) is 0.542. The van der Waals surface area contributed by atoms with Gasteiger partial charge in [-0.15, -0.1) is 0 Å². The molecule has 0 aliphatic carbocycles. The van der Waals surface area contributed by atoms with Gasteiger partial charge in [-0.3, -0.25) is 5.41 Å². The molecule has 0 saturated carbocycles. The Kier molecular flexibility index (Phi) is 6.89. The summed E-state index contributed by atoms with van der Waals surface area (Å²) in [5.74, 6) is 1.22. The van der Waals surface area contributed by atoms with Crippen LogP contribution in [0.1, 0.15) is 76.6 Å². The van der Waals surface area contributed by atoms with E-state index in [1.54, 1.807) is 0 Å². The van der Waals surface area contributed by atoms with Crippen molar-refractivity contribution in [2.75, 3.05) is 6.54 Å². The molecule has 7 heteroatoms. The minimum atomic E-state index is -0.0974. The highest BCUT2D eigenvalue weighted by atomic mass is 16.5. The number of unbranched alkanes of at least 4 members (excludes halogenated alkanes) is 6. The number of nitrogens with two attached hydrogens (primary N) is 1. The van der Waals surface area contributed by atoms with E-state index in [0.717, 1.165) is 36.9 Å². The standard InChI is InChI=1S/C24H34N6O/c1-2-3-4-5-6-7-10-15-29-17-19(18-12-8-9-13-20(18)29)22-27-23(31-28-22)21-14-11-16-30(21)24(25)26/h8-9,12-13,17,21H,2-7,10-11,14-16H2,1H3,(H3,25,26)/t21-/m0/s1. The van der Waals surface area contributed by atoms with E-state index in [-0.39, 0.29) is 12.0 Å². The Hall–Kier alpha value is -2.83. The summed E-state index contributed by atoms with van der Waals surface area (Å²) in [4.78, 5) is 6.55. The van der Waals surface area contributed by atoms with Crippen molar-refractivity contribution in [1.82, 2.24) is 19.6 Å². The van der Waals surface area contributed by atoms with Gasteiger partial charge >= 0.3 is 0 Å². The Bertz CT molecular complexity index is 1010. The van der Waals surface area contributed by atoms with Gasteiger partial charge in [-0.1, -0.05) is 68.8 Å². The zero-order valence-electron chi connectivity index (χ0n) is 18.5. The maximum Gasteiger partial charge on any atom is 0.249 e. The van der Waals surface area contributed by atoms with Crippen LogP contribution in [0.5, 0.6) is 0 Å². The van der Waals surface area contributed by atoms with Crippen LogP contribution in [-0.4, -0.2) is 32.1 Å². The van der Waals surface area contributed by atoms with Crippen molar-refractivity contribution in [3.8, 4) is 11.4 Å². The number of aromatic nitrogens is 3. The molecule has 0 spiro atoms. The van der Waals surface area contributed by atoms with Gasteiger partial charge in [0, 0.05) is 35.8 Å². The third-order valence-electron chi connectivity index (χ3n) is 6.32. The van der Waals surface area contributed by atoms with Crippen LogP contribution >= 0.6 is 0 Å². The first kappa shape index (κ1) is 21.4. The highest BCUT2D eigenvalue weighted by Crippen LogP contribution is 2.34. The van der Waals surface area contributed by atoms with Crippen molar-refractivity contribution in [2.45, 2.75) is 77.3 Å². The fourth-order valence-electron chi connectivity index (χ4n) is 4.64. The molecule has 0 bridgehead atoms. The smallest absolute Gasteiger partial charge is 0.249 e.